The number of rotatable bonds is 4. The molecule has 0 amide bonds. The van der Waals surface area contributed by atoms with E-state index in [1.165, 1.54) is 0 Å². The Labute approximate surface area is 125 Å². The number of carboxylic acid groups (broad SMARTS) is 1. The van der Waals surface area contributed by atoms with Gasteiger partial charge < -0.3 is 10.8 Å². The maximum Gasteiger partial charge on any atom is 0.455 e. The van der Waals surface area contributed by atoms with Crippen LogP contribution in [-0.2, 0) is 22.2 Å². The molecular weight excluding hydrogens is 332 g/mol. The third-order valence-corrected chi connectivity index (χ3v) is 2.70. The molecule has 1 aromatic rings. The highest BCUT2D eigenvalue weighted by atomic mass is 19.4. The summed E-state index contributed by atoms with van der Waals surface area (Å²) >= 11 is 0. The first-order valence-corrected chi connectivity index (χ1v) is 5.83. The van der Waals surface area contributed by atoms with E-state index < -0.39 is 47.4 Å². The minimum atomic E-state index is -5.43. The number of alkyl halides is 6. The first-order valence-electron chi connectivity index (χ1n) is 5.83. The Balaban J connectivity index is 3.13. The minimum absolute atomic E-state index is 0.0178. The molecule has 10 heteroatoms. The van der Waals surface area contributed by atoms with Gasteiger partial charge in [-0.3, -0.25) is 4.79 Å². The second-order valence-electron chi connectivity index (χ2n) is 4.40. The second-order valence-corrected chi connectivity index (χ2v) is 4.40. The summed E-state index contributed by atoms with van der Waals surface area (Å²) in [5, 5.41) is 8.70. The number of ketones is 1. The van der Waals surface area contributed by atoms with Gasteiger partial charge in [0.2, 0.25) is 0 Å². The van der Waals surface area contributed by atoms with Crippen molar-refractivity contribution in [3.05, 3.63) is 46.7 Å². The Morgan fingerprint density at radius 1 is 1.00 bits per heavy atom. The summed E-state index contributed by atoms with van der Waals surface area (Å²) in [5.41, 5.74) is 1.70. The molecule has 126 valence electrons. The van der Waals surface area contributed by atoms with Gasteiger partial charge in [-0.05, 0) is 17.7 Å². The normalized spacial score (nSPS) is 13.5. The quantitative estimate of drug-likeness (QED) is 0.382. The number of hydrogen-bond acceptors (Lipinski definition) is 3. The lowest BCUT2D eigenvalue weighted by Gasteiger charge is -2.11. The molecule has 0 atom stereocenters. The molecule has 0 aliphatic rings. The van der Waals surface area contributed by atoms with E-state index in [2.05, 4.69) is 0 Å². The first kappa shape index (κ1) is 18.5. The number of aliphatic carboxylic acids is 1. The molecule has 0 radical (unpaired) electrons. The van der Waals surface area contributed by atoms with Crippen LogP contribution in [0.15, 0.2) is 35.5 Å². The fraction of sp³-hybridized carbons (Fsp3) is 0.231. The van der Waals surface area contributed by atoms with Crippen LogP contribution in [0.25, 0.3) is 0 Å². The van der Waals surface area contributed by atoms with E-state index in [-0.39, 0.29) is 5.56 Å². The van der Waals surface area contributed by atoms with Crippen LogP contribution in [0.2, 0.25) is 0 Å². The standard InChI is InChI=1S/C13H9F6NO3/c14-12(15,16)7-3-1-6(2-4-7)5-8(20)9(11(22)23)10(21)13(17,18)19/h1-4H,5,20H2,(H,22,23). The SMILES string of the molecule is NC(Cc1ccc(C(F)(F)F)cc1)=C(C(=O)O)C(=O)C(F)(F)F. The van der Waals surface area contributed by atoms with Crippen molar-refractivity contribution >= 4 is 11.8 Å². The molecule has 1 aromatic carbocycles. The van der Waals surface area contributed by atoms with Crippen molar-refractivity contribution in [3.63, 3.8) is 0 Å². The Bertz CT molecular complexity index is 643. The molecule has 0 unspecified atom stereocenters. The van der Waals surface area contributed by atoms with Gasteiger partial charge in [0, 0.05) is 12.1 Å². The molecule has 0 saturated carbocycles. The van der Waals surface area contributed by atoms with Gasteiger partial charge >= 0.3 is 18.3 Å². The predicted octanol–water partition coefficient (Wildman–Crippen LogP) is 2.68. The number of carboxylic acids is 1. The van der Waals surface area contributed by atoms with E-state index in [0.29, 0.717) is 12.1 Å². The van der Waals surface area contributed by atoms with Gasteiger partial charge in [-0.1, -0.05) is 12.1 Å². The van der Waals surface area contributed by atoms with Crippen molar-refractivity contribution in [2.45, 2.75) is 18.8 Å². The average molecular weight is 341 g/mol. The number of nitrogens with two attached hydrogens (primary N) is 1. The van der Waals surface area contributed by atoms with Crippen molar-refractivity contribution < 1.29 is 41.0 Å². The molecule has 0 heterocycles. The van der Waals surface area contributed by atoms with Crippen LogP contribution in [0.1, 0.15) is 11.1 Å². The summed E-state index contributed by atoms with van der Waals surface area (Å²) in [7, 11) is 0. The zero-order chi connectivity index (χ0) is 18.0. The number of carbonyl (C=O) groups is 2. The Morgan fingerprint density at radius 2 is 1.48 bits per heavy atom. The van der Waals surface area contributed by atoms with Crippen molar-refractivity contribution in [2.75, 3.05) is 0 Å². The highest BCUT2D eigenvalue weighted by Gasteiger charge is 2.44. The number of carbonyl (C=O) groups excluding carboxylic acids is 1. The summed E-state index contributed by atoms with van der Waals surface area (Å²) in [6.07, 6.45) is -10.7. The van der Waals surface area contributed by atoms with Crippen LogP contribution in [0.4, 0.5) is 26.3 Å². The summed E-state index contributed by atoms with van der Waals surface area (Å²) in [5.74, 6) is -4.80. The summed E-state index contributed by atoms with van der Waals surface area (Å²) in [6.45, 7) is 0. The third kappa shape index (κ3) is 4.73. The molecule has 4 nitrogen and oxygen atoms in total. The number of allylic oxidation sites excluding steroid dienone is 1. The van der Waals surface area contributed by atoms with Crippen LogP contribution < -0.4 is 5.73 Å². The van der Waals surface area contributed by atoms with Gasteiger partial charge in [-0.25, -0.2) is 4.79 Å². The van der Waals surface area contributed by atoms with E-state index >= 15 is 0 Å². The molecular formula is C13H9F6NO3. The van der Waals surface area contributed by atoms with Gasteiger partial charge in [-0.2, -0.15) is 26.3 Å². The van der Waals surface area contributed by atoms with Crippen LogP contribution in [0.3, 0.4) is 0 Å². The lowest BCUT2D eigenvalue weighted by atomic mass is 10.0. The predicted molar refractivity (Wildman–Crippen MR) is 65.1 cm³/mol. The highest BCUT2D eigenvalue weighted by molar-refractivity contribution is 6.19. The largest absolute Gasteiger partial charge is 0.477 e. The number of halogens is 6. The Hall–Kier alpha value is -2.52. The molecule has 0 saturated heterocycles. The molecule has 23 heavy (non-hydrogen) atoms. The first-order chi connectivity index (χ1) is 10.3. The van der Waals surface area contributed by atoms with E-state index in [1.54, 1.807) is 0 Å². The molecule has 0 aromatic heterocycles. The van der Waals surface area contributed by atoms with Crippen molar-refractivity contribution in [1.29, 1.82) is 0 Å². The number of hydrogen-bond donors (Lipinski definition) is 2. The molecule has 0 fully saturated rings. The van der Waals surface area contributed by atoms with Crippen LogP contribution in [0, 0.1) is 0 Å². The zero-order valence-electron chi connectivity index (χ0n) is 11.1. The minimum Gasteiger partial charge on any atom is -0.477 e. The van der Waals surface area contributed by atoms with Gasteiger partial charge in [-0.15, -0.1) is 0 Å². The zero-order valence-corrected chi connectivity index (χ0v) is 11.1. The van der Waals surface area contributed by atoms with E-state index in [0.717, 1.165) is 12.1 Å². The number of benzene rings is 1. The topological polar surface area (TPSA) is 80.4 Å². The van der Waals surface area contributed by atoms with Crippen molar-refractivity contribution in [1.82, 2.24) is 0 Å². The molecule has 0 aliphatic carbocycles. The van der Waals surface area contributed by atoms with Crippen LogP contribution >= 0.6 is 0 Å². The fourth-order valence-electron chi connectivity index (χ4n) is 1.64. The Morgan fingerprint density at radius 3 is 1.83 bits per heavy atom. The van der Waals surface area contributed by atoms with Gasteiger partial charge in [0.25, 0.3) is 5.78 Å². The fourth-order valence-corrected chi connectivity index (χ4v) is 1.64. The van der Waals surface area contributed by atoms with E-state index in [1.807, 2.05) is 0 Å². The highest BCUT2D eigenvalue weighted by Crippen LogP contribution is 2.29. The lowest BCUT2D eigenvalue weighted by Crippen LogP contribution is -2.31. The molecule has 0 bridgehead atoms. The van der Waals surface area contributed by atoms with Gasteiger partial charge in [0.1, 0.15) is 5.57 Å². The average Bonchev–Trinajstić information content (AvgIpc) is 2.36. The maximum absolute atomic E-state index is 12.4. The van der Waals surface area contributed by atoms with Crippen molar-refractivity contribution in [2.24, 2.45) is 5.73 Å². The van der Waals surface area contributed by atoms with E-state index in [4.69, 9.17) is 10.8 Å². The van der Waals surface area contributed by atoms with E-state index in [9.17, 15) is 35.9 Å². The van der Waals surface area contributed by atoms with Crippen molar-refractivity contribution in [3.8, 4) is 0 Å². The third-order valence-electron chi connectivity index (χ3n) is 2.70. The summed E-state index contributed by atoms with van der Waals surface area (Å²) in [6, 6.07) is 3.17. The van der Waals surface area contributed by atoms with Crippen LogP contribution in [-0.4, -0.2) is 23.0 Å². The van der Waals surface area contributed by atoms with Crippen LogP contribution in [0.5, 0.6) is 0 Å². The molecule has 3 N–H and O–H groups in total. The number of Topliss-reactive ketones (excluding diaryl/α,β-unsaturated/α-hetero) is 1. The Kier molecular flexibility index (Phi) is 5.08. The maximum atomic E-state index is 12.4. The van der Waals surface area contributed by atoms with Gasteiger partial charge in [0.05, 0.1) is 5.56 Å². The smallest absolute Gasteiger partial charge is 0.455 e. The molecule has 1 rings (SSSR count). The monoisotopic (exact) mass is 341 g/mol. The second kappa shape index (κ2) is 6.31. The van der Waals surface area contributed by atoms with Gasteiger partial charge in [0.15, 0.2) is 0 Å². The summed E-state index contributed by atoms with van der Waals surface area (Å²) in [4.78, 5) is 21.8. The molecule has 0 aliphatic heterocycles. The summed E-state index contributed by atoms with van der Waals surface area (Å²) < 4.78 is 74.1. The molecule has 0 spiro atoms. The lowest BCUT2D eigenvalue weighted by molar-refractivity contribution is -0.168.